The van der Waals surface area contributed by atoms with Gasteiger partial charge < -0.3 is 19.9 Å². The van der Waals surface area contributed by atoms with Crippen molar-refractivity contribution >= 4 is 11.6 Å². The summed E-state index contributed by atoms with van der Waals surface area (Å²) in [5, 5.41) is 10.2. The first kappa shape index (κ1) is 19.0. The van der Waals surface area contributed by atoms with E-state index in [4.69, 9.17) is 22.1 Å². The number of nitrogens with one attached hydrogen (secondary N) is 1. The monoisotopic (exact) mass is 385 g/mol. The molecule has 1 aromatic heterocycles. The molecule has 1 aliphatic rings. The molecule has 140 valence electrons. The Kier molecular flexibility index (Phi) is 5.26. The molecule has 0 fully saturated rings. The van der Waals surface area contributed by atoms with Crippen molar-refractivity contribution in [3.63, 3.8) is 0 Å². The van der Waals surface area contributed by atoms with Crippen LogP contribution in [-0.2, 0) is 6.54 Å². The second-order valence-electron chi connectivity index (χ2n) is 6.95. The zero-order valence-electron chi connectivity index (χ0n) is 15.5. The van der Waals surface area contributed by atoms with Gasteiger partial charge in [0.25, 0.3) is 5.56 Å². The lowest BCUT2D eigenvalue weighted by atomic mass is 9.84. The van der Waals surface area contributed by atoms with E-state index in [1.165, 1.54) is 4.90 Å². The quantitative estimate of drug-likeness (QED) is 0.827. The SMILES string of the molecule is Cc1cc2c(c(=O)n1CC[NH+](C)C)[C@@H](c1ccc(Cl)cc1)C(C#N)=C(N)O2. The van der Waals surface area contributed by atoms with E-state index in [1.807, 2.05) is 27.1 Å². The Hall–Kier alpha value is -2.75. The summed E-state index contributed by atoms with van der Waals surface area (Å²) >= 11 is 6.00. The number of hydrogen-bond donors (Lipinski definition) is 2. The van der Waals surface area contributed by atoms with Crippen molar-refractivity contribution in [1.29, 1.82) is 5.26 Å². The van der Waals surface area contributed by atoms with E-state index < -0.39 is 5.92 Å². The highest BCUT2D eigenvalue weighted by Crippen LogP contribution is 2.40. The van der Waals surface area contributed by atoms with Crippen LogP contribution in [0, 0.1) is 18.3 Å². The maximum absolute atomic E-state index is 13.3. The molecule has 3 rings (SSSR count). The number of pyridine rings is 1. The Morgan fingerprint density at radius 3 is 2.59 bits per heavy atom. The minimum Gasteiger partial charge on any atom is -0.440 e. The van der Waals surface area contributed by atoms with Gasteiger partial charge in [0.15, 0.2) is 0 Å². The van der Waals surface area contributed by atoms with Crippen LogP contribution in [-0.4, -0.2) is 25.2 Å². The minimum absolute atomic E-state index is 0.0271. The fourth-order valence-electron chi connectivity index (χ4n) is 3.29. The number of aryl methyl sites for hydroxylation is 1. The summed E-state index contributed by atoms with van der Waals surface area (Å²) in [7, 11) is 4.07. The average molecular weight is 386 g/mol. The smallest absolute Gasteiger partial charge is 0.258 e. The summed E-state index contributed by atoms with van der Waals surface area (Å²) in [5.74, 6) is -0.149. The summed E-state index contributed by atoms with van der Waals surface area (Å²) in [6.07, 6.45) is 0. The molecule has 0 unspecified atom stereocenters. The van der Waals surface area contributed by atoms with Gasteiger partial charge in [0.1, 0.15) is 17.4 Å². The van der Waals surface area contributed by atoms with Crippen molar-refractivity contribution in [3.8, 4) is 11.8 Å². The summed E-state index contributed by atoms with van der Waals surface area (Å²) < 4.78 is 7.37. The maximum atomic E-state index is 13.3. The Bertz CT molecular complexity index is 1000. The molecule has 0 radical (unpaired) electrons. The van der Waals surface area contributed by atoms with Crippen LogP contribution >= 0.6 is 11.6 Å². The van der Waals surface area contributed by atoms with Gasteiger partial charge in [0.05, 0.1) is 38.7 Å². The molecule has 1 atom stereocenters. The first-order valence-corrected chi connectivity index (χ1v) is 9.07. The fraction of sp³-hybridized carbons (Fsp3) is 0.300. The van der Waals surface area contributed by atoms with Gasteiger partial charge in [-0.05, 0) is 24.6 Å². The molecule has 0 saturated carbocycles. The maximum Gasteiger partial charge on any atom is 0.258 e. The van der Waals surface area contributed by atoms with Crippen LogP contribution in [0.25, 0.3) is 0 Å². The van der Waals surface area contributed by atoms with Gasteiger partial charge in [-0.1, -0.05) is 23.7 Å². The summed E-state index contributed by atoms with van der Waals surface area (Å²) in [4.78, 5) is 14.6. The minimum atomic E-state index is -0.581. The zero-order valence-corrected chi connectivity index (χ0v) is 16.3. The number of benzene rings is 1. The molecule has 0 bridgehead atoms. The molecule has 0 spiro atoms. The number of rotatable bonds is 4. The highest BCUT2D eigenvalue weighted by molar-refractivity contribution is 6.30. The third kappa shape index (κ3) is 3.57. The van der Waals surface area contributed by atoms with Gasteiger partial charge in [0.2, 0.25) is 5.88 Å². The van der Waals surface area contributed by atoms with E-state index in [9.17, 15) is 10.1 Å². The van der Waals surface area contributed by atoms with Crippen LogP contribution in [0.4, 0.5) is 0 Å². The van der Waals surface area contributed by atoms with Crippen molar-refractivity contribution in [2.45, 2.75) is 19.4 Å². The lowest BCUT2D eigenvalue weighted by molar-refractivity contribution is -0.858. The highest BCUT2D eigenvalue weighted by Gasteiger charge is 2.34. The average Bonchev–Trinajstić information content (AvgIpc) is 2.61. The largest absolute Gasteiger partial charge is 0.440 e. The van der Waals surface area contributed by atoms with Crippen molar-refractivity contribution in [2.24, 2.45) is 5.73 Å². The molecular formula is C20H22ClN4O2+. The van der Waals surface area contributed by atoms with Crippen LogP contribution < -0.4 is 20.9 Å². The molecule has 2 aromatic rings. The Morgan fingerprint density at radius 1 is 1.33 bits per heavy atom. The second-order valence-corrected chi connectivity index (χ2v) is 7.39. The molecule has 7 heteroatoms. The predicted molar refractivity (Wildman–Crippen MR) is 104 cm³/mol. The number of likely N-dealkylation sites (N-methyl/N-ethyl adjacent to an activating group) is 1. The molecular weight excluding hydrogens is 364 g/mol. The number of hydrogen-bond acceptors (Lipinski definition) is 4. The lowest BCUT2D eigenvalue weighted by Crippen LogP contribution is -3.06. The standard InChI is InChI=1S/C20H21ClN4O2/c1-12-10-16-18(20(26)25(12)9-8-24(2)3)17(15(11-22)19(23)27-16)13-4-6-14(21)7-5-13/h4-7,10,17H,8-9,23H2,1-3H3/p+1/t17-/m0/s1. The number of nitriles is 1. The van der Waals surface area contributed by atoms with Crippen molar-refractivity contribution in [1.82, 2.24) is 4.57 Å². The van der Waals surface area contributed by atoms with Crippen molar-refractivity contribution in [3.05, 3.63) is 74.0 Å². The lowest BCUT2D eigenvalue weighted by Gasteiger charge is -2.27. The molecule has 2 heterocycles. The third-order valence-electron chi connectivity index (χ3n) is 4.73. The van der Waals surface area contributed by atoms with E-state index in [0.29, 0.717) is 22.9 Å². The first-order chi connectivity index (χ1) is 12.8. The Morgan fingerprint density at radius 2 is 2.00 bits per heavy atom. The molecule has 3 N–H and O–H groups in total. The van der Waals surface area contributed by atoms with E-state index in [2.05, 4.69) is 6.07 Å². The van der Waals surface area contributed by atoms with Gasteiger partial charge in [-0.3, -0.25) is 4.79 Å². The number of allylic oxidation sites excluding steroid dienone is 1. The first-order valence-electron chi connectivity index (χ1n) is 8.70. The van der Waals surface area contributed by atoms with Crippen molar-refractivity contribution in [2.75, 3.05) is 20.6 Å². The van der Waals surface area contributed by atoms with Gasteiger partial charge in [0, 0.05) is 16.8 Å². The number of quaternary nitrogens is 1. The van der Waals surface area contributed by atoms with E-state index in [1.54, 1.807) is 28.8 Å². The summed E-state index contributed by atoms with van der Waals surface area (Å²) in [6, 6.07) is 11.0. The Labute approximate surface area is 163 Å². The molecule has 0 amide bonds. The number of fused-ring (bicyclic) bond motifs is 1. The van der Waals surface area contributed by atoms with Crippen LogP contribution in [0.3, 0.4) is 0 Å². The topological polar surface area (TPSA) is 85.5 Å². The van der Waals surface area contributed by atoms with E-state index in [-0.39, 0.29) is 17.0 Å². The summed E-state index contributed by atoms with van der Waals surface area (Å²) in [6.45, 7) is 3.25. The normalized spacial score (nSPS) is 16.1. The third-order valence-corrected chi connectivity index (χ3v) is 4.98. The molecule has 0 aliphatic carbocycles. The van der Waals surface area contributed by atoms with Crippen LogP contribution in [0.15, 0.2) is 46.6 Å². The Balaban J connectivity index is 2.22. The number of aromatic nitrogens is 1. The molecule has 1 aromatic carbocycles. The van der Waals surface area contributed by atoms with Crippen LogP contribution in [0.2, 0.25) is 5.02 Å². The van der Waals surface area contributed by atoms with Gasteiger partial charge >= 0.3 is 0 Å². The summed E-state index contributed by atoms with van der Waals surface area (Å²) in [5.41, 5.74) is 8.07. The van der Waals surface area contributed by atoms with Crippen molar-refractivity contribution < 1.29 is 9.64 Å². The number of nitrogens with zero attached hydrogens (tertiary/aromatic N) is 2. The molecule has 1 aliphatic heterocycles. The van der Waals surface area contributed by atoms with Crippen LogP contribution in [0.5, 0.6) is 5.75 Å². The number of nitrogens with two attached hydrogens (primary N) is 1. The predicted octanol–water partition coefficient (Wildman–Crippen LogP) is 1.17. The van der Waals surface area contributed by atoms with Gasteiger partial charge in [-0.15, -0.1) is 0 Å². The van der Waals surface area contributed by atoms with E-state index >= 15 is 0 Å². The second kappa shape index (κ2) is 7.47. The highest BCUT2D eigenvalue weighted by atomic mass is 35.5. The van der Waals surface area contributed by atoms with E-state index in [0.717, 1.165) is 17.8 Å². The van der Waals surface area contributed by atoms with Gasteiger partial charge in [-0.25, -0.2) is 0 Å². The van der Waals surface area contributed by atoms with Gasteiger partial charge in [-0.2, -0.15) is 5.26 Å². The zero-order chi connectivity index (χ0) is 19.7. The number of ether oxygens (including phenoxy) is 1. The fourth-order valence-corrected chi connectivity index (χ4v) is 3.41. The number of halogens is 1. The molecule has 27 heavy (non-hydrogen) atoms. The molecule has 0 saturated heterocycles. The van der Waals surface area contributed by atoms with Crippen LogP contribution in [0.1, 0.15) is 22.7 Å². The molecule has 6 nitrogen and oxygen atoms in total.